The summed E-state index contributed by atoms with van der Waals surface area (Å²) in [5.41, 5.74) is 0. The van der Waals surface area contributed by atoms with E-state index in [0.29, 0.717) is 0 Å². The van der Waals surface area contributed by atoms with E-state index in [0.717, 1.165) is 0 Å². The van der Waals surface area contributed by atoms with Gasteiger partial charge in [-0.2, -0.15) is 0 Å². The number of alkyl halides is 3. The van der Waals surface area contributed by atoms with Crippen molar-refractivity contribution in [2.45, 2.75) is 16.6 Å². The molecule has 0 saturated carbocycles. The number of aliphatic hydroxyl groups is 1. The first-order valence-corrected chi connectivity index (χ1v) is 3.78. The highest BCUT2D eigenvalue weighted by Crippen LogP contribution is 2.31. The maximum absolute atomic E-state index is 10.4. The Morgan fingerprint density at radius 3 is 2.20 bits per heavy atom. The minimum Gasteiger partial charge on any atom is -0.389 e. The Bertz CT molecular complexity index is 119. The van der Waals surface area contributed by atoms with Crippen molar-refractivity contribution in [3.63, 3.8) is 0 Å². The van der Waals surface area contributed by atoms with Crippen molar-refractivity contribution in [1.82, 2.24) is 0 Å². The average molecular weight is 205 g/mol. The number of rotatable bonds is 3. The molecule has 0 fully saturated rings. The van der Waals surface area contributed by atoms with Crippen LogP contribution in [0, 0.1) is 0 Å². The van der Waals surface area contributed by atoms with Gasteiger partial charge in [-0.25, -0.2) is 0 Å². The number of Topliss-reactive ketones (excluding diaryl/α,β-unsaturated/α-hetero) is 1. The van der Waals surface area contributed by atoms with Gasteiger partial charge in [0.05, 0.1) is 0 Å². The van der Waals surface area contributed by atoms with Gasteiger partial charge in [-0.05, 0) is 0 Å². The van der Waals surface area contributed by atoms with Crippen LogP contribution in [0.5, 0.6) is 0 Å². The minimum absolute atomic E-state index is 0.104. The quantitative estimate of drug-likeness (QED) is 0.712. The molecule has 0 aliphatic carbocycles. The highest BCUT2D eigenvalue weighted by atomic mass is 35.6. The molecular weight excluding hydrogens is 198 g/mol. The minimum atomic E-state index is -1.38. The van der Waals surface area contributed by atoms with Crippen LogP contribution in [0.2, 0.25) is 0 Å². The van der Waals surface area contributed by atoms with Crippen molar-refractivity contribution in [1.29, 1.82) is 0 Å². The number of carbonyl (C=O) groups excluding carboxylic acids is 1. The molecule has 5 heteroatoms. The summed E-state index contributed by atoms with van der Waals surface area (Å²) in [6.45, 7) is -0.485. The second-order valence-electron chi connectivity index (χ2n) is 1.81. The van der Waals surface area contributed by atoms with E-state index in [1.165, 1.54) is 0 Å². The molecular formula is C5H7Cl3O2. The molecule has 0 aromatic carbocycles. The number of hydrogen-bond acceptors (Lipinski definition) is 2. The molecule has 0 rings (SSSR count). The van der Waals surface area contributed by atoms with Crippen LogP contribution in [0.4, 0.5) is 0 Å². The molecule has 0 aliphatic heterocycles. The molecule has 0 spiro atoms. The van der Waals surface area contributed by atoms with Crippen LogP contribution >= 0.6 is 34.8 Å². The molecule has 0 aliphatic rings. The maximum atomic E-state index is 10.4. The summed E-state index contributed by atoms with van der Waals surface area (Å²) in [7, 11) is 0. The van der Waals surface area contributed by atoms with Gasteiger partial charge < -0.3 is 5.11 Å². The highest BCUT2D eigenvalue weighted by Gasteiger charge is 2.20. The van der Waals surface area contributed by atoms with Crippen LogP contribution in [0.3, 0.4) is 0 Å². The summed E-state index contributed by atoms with van der Waals surface area (Å²) >= 11 is 16.0. The fraction of sp³-hybridized carbons (Fsp3) is 0.800. The van der Waals surface area contributed by atoms with E-state index >= 15 is 0 Å². The monoisotopic (exact) mass is 204 g/mol. The number of carbonyl (C=O) groups is 1. The number of ketones is 1. The van der Waals surface area contributed by atoms with Crippen LogP contribution in [0.15, 0.2) is 0 Å². The van der Waals surface area contributed by atoms with Crippen LogP contribution in [0.1, 0.15) is 12.8 Å². The van der Waals surface area contributed by atoms with Crippen LogP contribution in [-0.2, 0) is 4.79 Å². The van der Waals surface area contributed by atoms with Gasteiger partial charge in [-0.15, -0.1) is 0 Å². The van der Waals surface area contributed by atoms with E-state index in [1.54, 1.807) is 0 Å². The zero-order valence-corrected chi connectivity index (χ0v) is 7.38. The molecule has 0 heterocycles. The number of hydrogen-bond donors (Lipinski definition) is 1. The summed E-state index contributed by atoms with van der Waals surface area (Å²) in [5, 5.41) is 8.25. The molecule has 0 aromatic heterocycles. The lowest BCUT2D eigenvalue weighted by atomic mass is 10.2. The normalized spacial score (nSPS) is 11.6. The Balaban J connectivity index is 3.46. The smallest absolute Gasteiger partial charge is 0.191 e. The van der Waals surface area contributed by atoms with Gasteiger partial charge in [0.1, 0.15) is 6.61 Å². The summed E-state index contributed by atoms with van der Waals surface area (Å²) < 4.78 is -1.38. The summed E-state index contributed by atoms with van der Waals surface area (Å²) in [6, 6.07) is 0. The molecule has 0 amide bonds. The second-order valence-corrected chi connectivity index (χ2v) is 4.33. The predicted molar refractivity (Wildman–Crippen MR) is 41.6 cm³/mol. The van der Waals surface area contributed by atoms with Crippen LogP contribution in [-0.4, -0.2) is 21.3 Å². The van der Waals surface area contributed by atoms with Gasteiger partial charge in [0, 0.05) is 12.8 Å². The van der Waals surface area contributed by atoms with Crippen LogP contribution < -0.4 is 0 Å². The lowest BCUT2D eigenvalue weighted by Gasteiger charge is -2.07. The van der Waals surface area contributed by atoms with Gasteiger partial charge in [0.2, 0.25) is 0 Å². The van der Waals surface area contributed by atoms with Crippen molar-refractivity contribution in [2.75, 3.05) is 6.61 Å². The van der Waals surface area contributed by atoms with E-state index in [1.807, 2.05) is 0 Å². The Morgan fingerprint density at radius 1 is 1.40 bits per heavy atom. The Labute approximate surface area is 74.1 Å². The van der Waals surface area contributed by atoms with Gasteiger partial charge in [-0.3, -0.25) is 4.79 Å². The zero-order chi connectivity index (χ0) is 8.20. The molecule has 2 nitrogen and oxygen atoms in total. The summed E-state index contributed by atoms with van der Waals surface area (Å²) in [6.07, 6.45) is 0.254. The van der Waals surface area contributed by atoms with E-state index in [4.69, 9.17) is 39.9 Å². The van der Waals surface area contributed by atoms with Gasteiger partial charge in [0.25, 0.3) is 0 Å². The molecule has 0 bridgehead atoms. The number of aliphatic hydroxyl groups excluding tert-OH is 1. The zero-order valence-electron chi connectivity index (χ0n) is 5.11. The first kappa shape index (κ1) is 10.5. The van der Waals surface area contributed by atoms with E-state index in [9.17, 15) is 4.79 Å². The third-order valence-electron chi connectivity index (χ3n) is 0.864. The van der Waals surface area contributed by atoms with E-state index in [2.05, 4.69) is 0 Å². The fourth-order valence-corrected chi connectivity index (χ4v) is 0.644. The standard InChI is InChI=1S/C5H7Cl3O2/c6-5(7,8)2-1-4(10)3-9/h9H,1-3H2. The topological polar surface area (TPSA) is 37.3 Å². The fourth-order valence-electron chi connectivity index (χ4n) is 0.360. The molecule has 0 aromatic rings. The van der Waals surface area contributed by atoms with E-state index in [-0.39, 0.29) is 18.6 Å². The second kappa shape index (κ2) is 4.39. The third-order valence-corrected chi connectivity index (χ3v) is 1.43. The van der Waals surface area contributed by atoms with E-state index < -0.39 is 10.4 Å². The summed E-state index contributed by atoms with van der Waals surface area (Å²) in [4.78, 5) is 10.4. The van der Waals surface area contributed by atoms with Crippen LogP contribution in [0.25, 0.3) is 0 Å². The van der Waals surface area contributed by atoms with Crippen molar-refractivity contribution in [3.05, 3.63) is 0 Å². The van der Waals surface area contributed by atoms with Gasteiger partial charge >= 0.3 is 0 Å². The van der Waals surface area contributed by atoms with Gasteiger partial charge in [-0.1, -0.05) is 34.8 Å². The largest absolute Gasteiger partial charge is 0.389 e. The SMILES string of the molecule is O=C(CO)CCC(Cl)(Cl)Cl. The van der Waals surface area contributed by atoms with Crippen molar-refractivity contribution in [3.8, 4) is 0 Å². The third kappa shape index (κ3) is 6.62. The molecule has 60 valence electrons. The average Bonchev–Trinajstić information content (AvgIpc) is 1.81. The molecule has 0 atom stereocenters. The lowest BCUT2D eigenvalue weighted by Crippen LogP contribution is -2.09. The first-order chi connectivity index (χ1) is 4.45. The summed E-state index contributed by atoms with van der Waals surface area (Å²) in [5.74, 6) is -0.314. The first-order valence-electron chi connectivity index (χ1n) is 2.65. The Hall–Kier alpha value is 0.500. The van der Waals surface area contributed by atoms with Gasteiger partial charge in [0.15, 0.2) is 9.58 Å². The lowest BCUT2D eigenvalue weighted by molar-refractivity contribution is -0.121. The number of halogens is 3. The van der Waals surface area contributed by atoms with Crippen molar-refractivity contribution < 1.29 is 9.90 Å². The highest BCUT2D eigenvalue weighted by molar-refractivity contribution is 6.67. The Kier molecular flexibility index (Phi) is 4.61. The Morgan fingerprint density at radius 2 is 1.90 bits per heavy atom. The maximum Gasteiger partial charge on any atom is 0.191 e. The molecule has 1 N–H and O–H groups in total. The molecule has 10 heavy (non-hydrogen) atoms. The van der Waals surface area contributed by atoms with Crippen molar-refractivity contribution >= 4 is 40.6 Å². The molecule has 0 saturated heterocycles. The predicted octanol–water partition coefficient (Wildman–Crippen LogP) is 1.70. The molecule has 0 unspecified atom stereocenters. The van der Waals surface area contributed by atoms with Crippen molar-refractivity contribution in [2.24, 2.45) is 0 Å². The molecule has 0 radical (unpaired) electrons.